The lowest BCUT2D eigenvalue weighted by molar-refractivity contribution is -0.147. The van der Waals surface area contributed by atoms with E-state index in [1.165, 1.54) is 0 Å². The molecule has 16 heavy (non-hydrogen) atoms. The van der Waals surface area contributed by atoms with Gasteiger partial charge in [-0.2, -0.15) is 0 Å². The molecule has 0 bridgehead atoms. The topological polar surface area (TPSA) is 63.6 Å². The second kappa shape index (κ2) is 9.19. The lowest BCUT2D eigenvalue weighted by atomic mass is 9.91. The summed E-state index contributed by atoms with van der Waals surface area (Å²) in [4.78, 5) is 20.6. The predicted octanol–water partition coefficient (Wildman–Crippen LogP) is 2.86. The Labute approximate surface area is 98.0 Å². The molecule has 0 amide bonds. The lowest BCUT2D eigenvalue weighted by Crippen LogP contribution is -2.21. The summed E-state index contributed by atoms with van der Waals surface area (Å²) in [5.74, 6) is -0.827. The van der Waals surface area contributed by atoms with Crippen molar-refractivity contribution in [2.45, 2.75) is 53.9 Å². The monoisotopic (exact) mass is 232 g/mol. The Morgan fingerprint density at radius 2 is 1.69 bits per heavy atom. The number of esters is 1. The zero-order valence-corrected chi connectivity index (χ0v) is 11.0. The van der Waals surface area contributed by atoms with Gasteiger partial charge in [0.1, 0.15) is 0 Å². The molecule has 0 aromatic heterocycles. The molecular weight excluding hydrogens is 208 g/mol. The van der Waals surface area contributed by atoms with Crippen molar-refractivity contribution in [2.24, 2.45) is 5.41 Å². The lowest BCUT2D eigenvalue weighted by Gasteiger charge is -2.14. The number of carbonyl (C=O) groups excluding carboxylic acids is 1. The molecule has 0 aliphatic rings. The van der Waals surface area contributed by atoms with Gasteiger partial charge in [0.25, 0.3) is 0 Å². The minimum atomic E-state index is -0.722. The maximum atomic E-state index is 10.3. The van der Waals surface area contributed by atoms with Crippen LogP contribution in [0, 0.1) is 5.41 Å². The van der Waals surface area contributed by atoms with Gasteiger partial charge in [0.05, 0.1) is 12.0 Å². The predicted molar refractivity (Wildman–Crippen MR) is 63.2 cm³/mol. The van der Waals surface area contributed by atoms with Crippen molar-refractivity contribution >= 4 is 11.9 Å². The molecule has 0 aliphatic heterocycles. The summed E-state index contributed by atoms with van der Waals surface area (Å²) < 4.78 is 4.70. The Morgan fingerprint density at radius 3 is 1.88 bits per heavy atom. The van der Waals surface area contributed by atoms with Crippen LogP contribution in [0.25, 0.3) is 0 Å². The van der Waals surface area contributed by atoms with E-state index in [1.54, 1.807) is 20.8 Å². The second-order valence-corrected chi connectivity index (χ2v) is 4.12. The fraction of sp³-hybridized carbons (Fsp3) is 0.833. The fourth-order valence-corrected chi connectivity index (χ4v) is 0.469. The number of aliphatic carboxylic acids is 1. The molecule has 0 fully saturated rings. The summed E-state index contributed by atoms with van der Waals surface area (Å²) >= 11 is 0. The van der Waals surface area contributed by atoms with E-state index < -0.39 is 11.4 Å². The molecule has 0 aromatic carbocycles. The summed E-state index contributed by atoms with van der Waals surface area (Å²) in [6.45, 7) is 9.63. The van der Waals surface area contributed by atoms with Gasteiger partial charge in [-0.15, -0.1) is 0 Å². The smallest absolute Gasteiger partial charge is 0.309 e. The third-order valence-corrected chi connectivity index (χ3v) is 2.22. The number of hydrogen-bond acceptors (Lipinski definition) is 3. The maximum Gasteiger partial charge on any atom is 0.309 e. The normalized spacial score (nSPS) is 10.1. The van der Waals surface area contributed by atoms with E-state index in [1.807, 2.05) is 13.8 Å². The first-order valence-corrected chi connectivity index (χ1v) is 5.70. The van der Waals surface area contributed by atoms with E-state index in [9.17, 15) is 9.59 Å². The van der Waals surface area contributed by atoms with Crippen LogP contribution in [0.5, 0.6) is 0 Å². The van der Waals surface area contributed by atoms with Crippen LogP contribution in [0.2, 0.25) is 0 Å². The number of carbonyl (C=O) groups is 2. The van der Waals surface area contributed by atoms with Gasteiger partial charge in [-0.1, -0.05) is 20.8 Å². The van der Waals surface area contributed by atoms with Crippen LogP contribution >= 0.6 is 0 Å². The van der Waals surface area contributed by atoms with Crippen LogP contribution < -0.4 is 0 Å². The van der Waals surface area contributed by atoms with E-state index in [0.29, 0.717) is 19.4 Å². The van der Waals surface area contributed by atoms with Crippen LogP contribution in [0.3, 0.4) is 0 Å². The average molecular weight is 232 g/mol. The van der Waals surface area contributed by atoms with E-state index in [-0.39, 0.29) is 5.97 Å². The number of ether oxygens (including phenoxy) is 1. The summed E-state index contributed by atoms with van der Waals surface area (Å²) in [7, 11) is 0. The molecule has 0 saturated heterocycles. The first kappa shape index (κ1) is 17.3. The third kappa shape index (κ3) is 9.49. The molecule has 0 saturated carbocycles. The van der Waals surface area contributed by atoms with Crippen LogP contribution in [-0.2, 0) is 14.3 Å². The van der Waals surface area contributed by atoms with Crippen LogP contribution in [-0.4, -0.2) is 23.7 Å². The number of rotatable bonds is 5. The van der Waals surface area contributed by atoms with Gasteiger partial charge in [-0.25, -0.2) is 0 Å². The van der Waals surface area contributed by atoms with Crippen molar-refractivity contribution in [2.75, 3.05) is 6.61 Å². The van der Waals surface area contributed by atoms with Gasteiger partial charge in [-0.3, -0.25) is 9.59 Å². The van der Waals surface area contributed by atoms with E-state index >= 15 is 0 Å². The average Bonchev–Trinajstić information content (AvgIpc) is 2.26. The second-order valence-electron chi connectivity index (χ2n) is 4.12. The molecule has 4 nitrogen and oxygen atoms in total. The van der Waals surface area contributed by atoms with Gasteiger partial charge < -0.3 is 9.84 Å². The van der Waals surface area contributed by atoms with Crippen molar-refractivity contribution < 1.29 is 19.4 Å². The quantitative estimate of drug-likeness (QED) is 0.740. The third-order valence-electron chi connectivity index (χ3n) is 2.22. The van der Waals surface area contributed by atoms with Gasteiger partial charge >= 0.3 is 11.9 Å². The van der Waals surface area contributed by atoms with E-state index in [4.69, 9.17) is 9.84 Å². The van der Waals surface area contributed by atoms with E-state index in [2.05, 4.69) is 0 Å². The minimum absolute atomic E-state index is 0.105. The highest BCUT2D eigenvalue weighted by molar-refractivity contribution is 5.73. The molecule has 0 spiro atoms. The molecule has 0 radical (unpaired) electrons. The first-order valence-electron chi connectivity index (χ1n) is 5.70. The Balaban J connectivity index is 0. The van der Waals surface area contributed by atoms with Crippen molar-refractivity contribution in [3.8, 4) is 0 Å². The molecule has 0 rings (SSSR count). The van der Waals surface area contributed by atoms with Gasteiger partial charge in [0.15, 0.2) is 0 Å². The Kier molecular flexibility index (Phi) is 9.96. The minimum Gasteiger partial charge on any atom is -0.481 e. The summed E-state index contributed by atoms with van der Waals surface area (Å²) in [5, 5.41) is 8.44. The molecule has 0 aromatic rings. The number of hydrogen-bond donors (Lipinski definition) is 1. The van der Waals surface area contributed by atoms with Crippen molar-refractivity contribution in [3.63, 3.8) is 0 Å². The van der Waals surface area contributed by atoms with Crippen LogP contribution in [0.4, 0.5) is 0 Å². The molecule has 0 atom stereocenters. The molecule has 0 heterocycles. The van der Waals surface area contributed by atoms with E-state index in [0.717, 1.165) is 6.42 Å². The summed E-state index contributed by atoms with van der Waals surface area (Å²) in [5.41, 5.74) is -0.542. The highest BCUT2D eigenvalue weighted by atomic mass is 16.5. The van der Waals surface area contributed by atoms with Gasteiger partial charge in [0, 0.05) is 6.42 Å². The standard InChI is InChI=1S/2C6H12O2/c1-4-6(2,3)5(7)8;1-3-5-8-6(7)4-2/h4H2,1-3H3,(H,7,8);3-5H2,1-2H3. The zero-order chi connectivity index (χ0) is 13.2. The number of carboxylic acids is 1. The molecule has 96 valence electrons. The first-order chi connectivity index (χ1) is 7.31. The summed E-state index contributed by atoms with van der Waals surface area (Å²) in [6, 6.07) is 0. The Bertz CT molecular complexity index is 209. The van der Waals surface area contributed by atoms with Crippen LogP contribution in [0.1, 0.15) is 53.9 Å². The molecular formula is C12H24O4. The highest BCUT2D eigenvalue weighted by Gasteiger charge is 2.23. The zero-order valence-electron chi connectivity index (χ0n) is 11.0. The van der Waals surface area contributed by atoms with Crippen molar-refractivity contribution in [3.05, 3.63) is 0 Å². The summed E-state index contributed by atoms with van der Waals surface area (Å²) in [6.07, 6.45) is 2.08. The molecule has 0 aliphatic carbocycles. The number of carboxylic acid groups (broad SMARTS) is 1. The van der Waals surface area contributed by atoms with Crippen molar-refractivity contribution in [1.29, 1.82) is 0 Å². The van der Waals surface area contributed by atoms with Gasteiger partial charge in [0.2, 0.25) is 0 Å². The molecule has 1 N–H and O–H groups in total. The van der Waals surface area contributed by atoms with Crippen LogP contribution in [0.15, 0.2) is 0 Å². The van der Waals surface area contributed by atoms with Gasteiger partial charge in [-0.05, 0) is 26.7 Å². The Morgan fingerprint density at radius 1 is 1.19 bits per heavy atom. The molecule has 4 heteroatoms. The fourth-order valence-electron chi connectivity index (χ4n) is 0.469. The molecule has 0 unspecified atom stereocenters. The van der Waals surface area contributed by atoms with Crippen molar-refractivity contribution in [1.82, 2.24) is 0 Å². The SMILES string of the molecule is CCC(C)(C)C(=O)O.CCCOC(=O)CC. The largest absolute Gasteiger partial charge is 0.481 e. The highest BCUT2D eigenvalue weighted by Crippen LogP contribution is 2.18. The Hall–Kier alpha value is -1.06. The maximum absolute atomic E-state index is 10.3.